The molecule has 0 radical (unpaired) electrons. The van der Waals surface area contributed by atoms with E-state index in [2.05, 4.69) is 10.3 Å². The van der Waals surface area contributed by atoms with Gasteiger partial charge in [0.05, 0.1) is 11.1 Å². The molecule has 1 N–H and O–H groups in total. The fourth-order valence-electron chi connectivity index (χ4n) is 2.11. The second-order valence-corrected chi connectivity index (χ2v) is 4.49. The summed E-state index contributed by atoms with van der Waals surface area (Å²) in [6.45, 7) is 0. The SMILES string of the molecule is CNc1ccccc1-c1nc2cc(C(F)(F)F)ccc2o1. The summed E-state index contributed by atoms with van der Waals surface area (Å²) in [5, 5.41) is 2.99. The van der Waals surface area contributed by atoms with E-state index in [-0.39, 0.29) is 11.4 Å². The predicted octanol–water partition coefficient (Wildman–Crippen LogP) is 4.56. The van der Waals surface area contributed by atoms with Crippen LogP contribution in [0.5, 0.6) is 0 Å². The molecule has 1 aromatic heterocycles. The van der Waals surface area contributed by atoms with Crippen molar-refractivity contribution in [1.29, 1.82) is 0 Å². The summed E-state index contributed by atoms with van der Waals surface area (Å²) in [6.07, 6.45) is -4.39. The van der Waals surface area contributed by atoms with Crippen LogP contribution in [-0.4, -0.2) is 12.0 Å². The van der Waals surface area contributed by atoms with Crippen molar-refractivity contribution in [3.05, 3.63) is 48.0 Å². The van der Waals surface area contributed by atoms with Gasteiger partial charge in [-0.3, -0.25) is 0 Å². The molecule has 21 heavy (non-hydrogen) atoms. The Bertz CT molecular complexity index is 793. The number of halogens is 3. The lowest BCUT2D eigenvalue weighted by Gasteiger charge is -2.04. The summed E-state index contributed by atoms with van der Waals surface area (Å²) in [7, 11) is 1.75. The van der Waals surface area contributed by atoms with E-state index in [1.54, 1.807) is 13.1 Å². The van der Waals surface area contributed by atoms with Gasteiger partial charge in [-0.15, -0.1) is 0 Å². The normalized spacial score (nSPS) is 11.8. The molecule has 108 valence electrons. The third-order valence-corrected chi connectivity index (χ3v) is 3.14. The fraction of sp³-hybridized carbons (Fsp3) is 0.133. The van der Waals surface area contributed by atoms with Gasteiger partial charge in [0.2, 0.25) is 5.89 Å². The van der Waals surface area contributed by atoms with Crippen molar-refractivity contribution in [1.82, 2.24) is 4.98 Å². The Kier molecular flexibility index (Phi) is 3.08. The van der Waals surface area contributed by atoms with Crippen LogP contribution < -0.4 is 5.32 Å². The first-order valence-corrected chi connectivity index (χ1v) is 6.24. The molecule has 0 aliphatic heterocycles. The van der Waals surface area contributed by atoms with Crippen LogP contribution in [0.2, 0.25) is 0 Å². The first kappa shape index (κ1) is 13.5. The Morgan fingerprint density at radius 2 is 1.86 bits per heavy atom. The second-order valence-electron chi connectivity index (χ2n) is 4.49. The minimum atomic E-state index is -4.39. The van der Waals surface area contributed by atoms with Crippen LogP contribution in [0.1, 0.15) is 5.56 Å². The molecule has 0 spiro atoms. The van der Waals surface area contributed by atoms with Gasteiger partial charge in [-0.2, -0.15) is 13.2 Å². The monoisotopic (exact) mass is 292 g/mol. The van der Waals surface area contributed by atoms with Crippen LogP contribution in [0, 0.1) is 0 Å². The van der Waals surface area contributed by atoms with Gasteiger partial charge < -0.3 is 9.73 Å². The van der Waals surface area contributed by atoms with Gasteiger partial charge in [0.25, 0.3) is 0 Å². The van der Waals surface area contributed by atoms with E-state index in [4.69, 9.17) is 4.42 Å². The average molecular weight is 292 g/mol. The van der Waals surface area contributed by atoms with Gasteiger partial charge >= 0.3 is 6.18 Å². The lowest BCUT2D eigenvalue weighted by atomic mass is 10.2. The van der Waals surface area contributed by atoms with Crippen LogP contribution in [0.25, 0.3) is 22.6 Å². The fourth-order valence-corrected chi connectivity index (χ4v) is 2.11. The Labute approximate surface area is 118 Å². The highest BCUT2D eigenvalue weighted by molar-refractivity contribution is 5.80. The molecule has 3 aromatic rings. The van der Waals surface area contributed by atoms with Gasteiger partial charge in [0, 0.05) is 12.7 Å². The van der Waals surface area contributed by atoms with Gasteiger partial charge in [-0.05, 0) is 30.3 Å². The second kappa shape index (κ2) is 4.80. The van der Waals surface area contributed by atoms with Gasteiger partial charge in [-0.25, -0.2) is 4.98 Å². The van der Waals surface area contributed by atoms with Crippen LogP contribution in [0.4, 0.5) is 18.9 Å². The number of oxazole rings is 1. The zero-order valence-electron chi connectivity index (χ0n) is 11.0. The van der Waals surface area contributed by atoms with Crippen LogP contribution in [0.15, 0.2) is 46.9 Å². The average Bonchev–Trinajstić information content (AvgIpc) is 2.89. The molecular formula is C15H11F3N2O. The first-order chi connectivity index (χ1) is 9.99. The maximum absolute atomic E-state index is 12.7. The van der Waals surface area contributed by atoms with Gasteiger partial charge in [0.1, 0.15) is 5.52 Å². The number of anilines is 1. The minimum Gasteiger partial charge on any atom is -0.436 e. The lowest BCUT2D eigenvalue weighted by Crippen LogP contribution is -2.03. The third kappa shape index (κ3) is 2.44. The largest absolute Gasteiger partial charge is 0.436 e. The molecule has 0 saturated carbocycles. The standard InChI is InChI=1S/C15H11F3N2O/c1-19-11-5-3-2-4-10(11)14-20-12-8-9(15(16,17)18)6-7-13(12)21-14/h2-8,19H,1H3. The van der Waals surface area contributed by atoms with Crippen molar-refractivity contribution < 1.29 is 17.6 Å². The van der Waals surface area contributed by atoms with Crippen molar-refractivity contribution in [3.8, 4) is 11.5 Å². The molecule has 0 amide bonds. The summed E-state index contributed by atoms with van der Waals surface area (Å²) in [6, 6.07) is 10.6. The molecule has 0 aliphatic carbocycles. The number of rotatable bonds is 2. The van der Waals surface area contributed by atoms with E-state index in [1.807, 2.05) is 18.2 Å². The number of aromatic nitrogens is 1. The molecule has 0 atom stereocenters. The lowest BCUT2D eigenvalue weighted by molar-refractivity contribution is -0.137. The topological polar surface area (TPSA) is 38.1 Å². The summed E-state index contributed by atoms with van der Waals surface area (Å²) in [4.78, 5) is 4.16. The molecular weight excluding hydrogens is 281 g/mol. The molecule has 1 heterocycles. The molecule has 3 rings (SSSR count). The number of para-hydroxylation sites is 1. The maximum Gasteiger partial charge on any atom is 0.416 e. The molecule has 3 nitrogen and oxygen atoms in total. The van der Waals surface area contributed by atoms with Crippen molar-refractivity contribution >= 4 is 16.8 Å². The van der Waals surface area contributed by atoms with Crippen molar-refractivity contribution in [2.45, 2.75) is 6.18 Å². The molecule has 6 heteroatoms. The molecule has 0 fully saturated rings. The van der Waals surface area contributed by atoms with E-state index in [0.717, 1.165) is 17.8 Å². The number of hydrogen-bond acceptors (Lipinski definition) is 3. The van der Waals surface area contributed by atoms with E-state index < -0.39 is 11.7 Å². The summed E-state index contributed by atoms with van der Waals surface area (Å²) in [5.74, 6) is 0.286. The Hall–Kier alpha value is -2.50. The molecule has 0 unspecified atom stereocenters. The van der Waals surface area contributed by atoms with Crippen molar-refractivity contribution in [3.63, 3.8) is 0 Å². The zero-order valence-corrected chi connectivity index (χ0v) is 11.0. The van der Waals surface area contributed by atoms with E-state index >= 15 is 0 Å². The van der Waals surface area contributed by atoms with E-state index in [1.165, 1.54) is 6.07 Å². The zero-order chi connectivity index (χ0) is 15.0. The smallest absolute Gasteiger partial charge is 0.416 e. The summed E-state index contributed by atoms with van der Waals surface area (Å²) < 4.78 is 43.6. The Balaban J connectivity index is 2.13. The molecule has 0 bridgehead atoms. The quantitative estimate of drug-likeness (QED) is 0.752. The summed E-state index contributed by atoms with van der Waals surface area (Å²) in [5.41, 5.74) is 1.26. The van der Waals surface area contributed by atoms with Crippen LogP contribution in [0.3, 0.4) is 0 Å². The van der Waals surface area contributed by atoms with Gasteiger partial charge in [0.15, 0.2) is 5.58 Å². The number of alkyl halides is 3. The maximum atomic E-state index is 12.7. The van der Waals surface area contributed by atoms with Crippen LogP contribution >= 0.6 is 0 Å². The predicted molar refractivity (Wildman–Crippen MR) is 74.0 cm³/mol. The highest BCUT2D eigenvalue weighted by Crippen LogP contribution is 2.34. The molecule has 0 saturated heterocycles. The Morgan fingerprint density at radius 3 is 2.57 bits per heavy atom. The number of fused-ring (bicyclic) bond motifs is 1. The van der Waals surface area contributed by atoms with E-state index in [9.17, 15) is 13.2 Å². The number of nitrogens with zero attached hydrogens (tertiary/aromatic N) is 1. The van der Waals surface area contributed by atoms with E-state index in [0.29, 0.717) is 11.1 Å². The van der Waals surface area contributed by atoms with Crippen molar-refractivity contribution in [2.75, 3.05) is 12.4 Å². The number of hydrogen-bond donors (Lipinski definition) is 1. The third-order valence-electron chi connectivity index (χ3n) is 3.14. The van der Waals surface area contributed by atoms with Gasteiger partial charge in [-0.1, -0.05) is 12.1 Å². The summed E-state index contributed by atoms with van der Waals surface area (Å²) >= 11 is 0. The highest BCUT2D eigenvalue weighted by atomic mass is 19.4. The number of nitrogens with one attached hydrogen (secondary N) is 1. The number of benzene rings is 2. The Morgan fingerprint density at radius 1 is 1.10 bits per heavy atom. The van der Waals surface area contributed by atoms with Crippen molar-refractivity contribution in [2.24, 2.45) is 0 Å². The minimum absolute atomic E-state index is 0.186. The van der Waals surface area contributed by atoms with Crippen LogP contribution in [-0.2, 0) is 6.18 Å². The first-order valence-electron chi connectivity index (χ1n) is 6.24. The molecule has 0 aliphatic rings. The molecule has 2 aromatic carbocycles. The highest BCUT2D eigenvalue weighted by Gasteiger charge is 2.31.